The zero-order chi connectivity index (χ0) is 46.5. The first-order valence-corrected chi connectivity index (χ1v) is 24.4. The second kappa shape index (κ2) is 32.6. The molecule has 0 spiro atoms. The molecule has 348 valence electrons. The van der Waals surface area contributed by atoms with Crippen molar-refractivity contribution in [3.05, 3.63) is 203 Å². The number of aliphatic hydroxyl groups is 1. The fourth-order valence-corrected chi connectivity index (χ4v) is 7.69. The lowest BCUT2D eigenvalue weighted by atomic mass is 10.1. The quantitative estimate of drug-likeness (QED) is 0.0380. The minimum Gasteiger partial charge on any atom is -0.397 e. The average Bonchev–Trinajstić information content (AvgIpc) is 3.82. The van der Waals surface area contributed by atoms with Gasteiger partial charge in [-0.05, 0) is 91.6 Å². The fourth-order valence-electron chi connectivity index (χ4n) is 6.50. The van der Waals surface area contributed by atoms with Crippen molar-refractivity contribution in [3.8, 4) is 11.3 Å². The summed E-state index contributed by atoms with van der Waals surface area (Å²) in [5, 5.41) is 17.6. The molecule has 0 aliphatic carbocycles. The summed E-state index contributed by atoms with van der Waals surface area (Å²) in [7, 11) is 0. The largest absolute Gasteiger partial charge is 0.397 e. The predicted octanol–water partition coefficient (Wildman–Crippen LogP) is 12.9. The van der Waals surface area contributed by atoms with E-state index in [0.29, 0.717) is 10.4 Å². The molecule has 7 rings (SSSR count). The Morgan fingerprint density at radius 2 is 1.08 bits per heavy atom. The Labute approximate surface area is 421 Å². The number of nitrogens with zero attached hydrogens (tertiary/aromatic N) is 3. The van der Waals surface area contributed by atoms with Crippen molar-refractivity contribution < 1.29 is 9.90 Å². The minimum atomic E-state index is 0. The van der Waals surface area contributed by atoms with Crippen molar-refractivity contribution in [3.63, 3.8) is 0 Å². The van der Waals surface area contributed by atoms with Gasteiger partial charge in [-0.3, -0.25) is 14.6 Å². The first-order valence-electron chi connectivity index (χ1n) is 22.0. The number of nitrogens with two attached hydrogens (primary N) is 1. The SMILES string of the molecule is Br.CCN(CCc1ccc(NC(N)=S)cc1)Cc1ccccc1.CCN(CCc1ccc(Nc2nc(-c3ccccc3)cs2)cc1)Cc1ccccc1.CCO.O=C(CBr)c1ccccc1. The molecule has 0 amide bonds. The van der Waals surface area contributed by atoms with Crippen LogP contribution in [0.3, 0.4) is 0 Å². The zero-order valence-electron chi connectivity index (χ0n) is 38.2. The number of aliphatic hydroxyl groups excluding tert-OH is 1. The van der Waals surface area contributed by atoms with Gasteiger partial charge in [-0.25, -0.2) is 4.98 Å². The first-order chi connectivity index (χ1) is 31.7. The molecule has 66 heavy (non-hydrogen) atoms. The van der Waals surface area contributed by atoms with Gasteiger partial charge >= 0.3 is 0 Å². The Morgan fingerprint density at radius 3 is 1.50 bits per heavy atom. The number of benzene rings is 6. The molecule has 0 aliphatic rings. The molecule has 8 nitrogen and oxygen atoms in total. The Kier molecular flexibility index (Phi) is 27.3. The molecule has 7 aromatic rings. The highest BCUT2D eigenvalue weighted by Crippen LogP contribution is 2.27. The monoisotopic (exact) mass is 1050 g/mol. The summed E-state index contributed by atoms with van der Waals surface area (Å²) >= 11 is 9.57. The maximum Gasteiger partial charge on any atom is 0.187 e. The highest BCUT2D eigenvalue weighted by Gasteiger charge is 2.08. The van der Waals surface area contributed by atoms with Crippen LogP contribution in [0.25, 0.3) is 11.3 Å². The lowest BCUT2D eigenvalue weighted by Gasteiger charge is -2.20. The van der Waals surface area contributed by atoms with E-state index in [4.69, 9.17) is 28.0 Å². The van der Waals surface area contributed by atoms with Gasteiger partial charge in [0.15, 0.2) is 16.0 Å². The normalized spacial score (nSPS) is 10.2. The molecule has 0 bridgehead atoms. The zero-order valence-corrected chi connectivity index (χ0v) is 43.1. The van der Waals surface area contributed by atoms with Crippen molar-refractivity contribution >= 4 is 83.9 Å². The van der Waals surface area contributed by atoms with Gasteiger partial charge in [0, 0.05) is 60.7 Å². The Hall–Kier alpha value is -5.05. The number of alkyl halides is 1. The van der Waals surface area contributed by atoms with Crippen LogP contribution in [-0.4, -0.2) is 68.9 Å². The summed E-state index contributed by atoms with van der Waals surface area (Å²) in [6, 6.07) is 57.8. The van der Waals surface area contributed by atoms with E-state index in [2.05, 4.69) is 165 Å². The van der Waals surface area contributed by atoms with Gasteiger partial charge in [0.05, 0.1) is 11.0 Å². The number of rotatable bonds is 18. The molecule has 1 aromatic heterocycles. The standard InChI is InChI=1S/C26H27N3S.C18H23N3S.C8H7BrO.C2H6O.BrH/c1-2-29(19-22-9-5-3-6-10-22)18-17-21-13-15-24(16-14-21)27-26-28-25(20-30-26)23-11-7-4-8-12-23;1-2-21(14-16-6-4-3-5-7-16)13-12-15-8-10-17(11-9-15)20-18(19)22;9-6-8(10)7-4-2-1-3-5-7;1-2-3;/h3-16,20H,2,17-19H2,1H3,(H,27,28);3-11H,2,12-14H2,1H3,(H3,19,20,22);1-5H,6H2;3H,2H2,1H3;1H. The molecule has 0 unspecified atom stereocenters. The number of carbonyl (C=O) groups is 1. The highest BCUT2D eigenvalue weighted by atomic mass is 79.9. The molecule has 0 atom stereocenters. The van der Waals surface area contributed by atoms with Gasteiger partial charge in [0.25, 0.3) is 0 Å². The van der Waals surface area contributed by atoms with Crippen LogP contribution in [0.2, 0.25) is 0 Å². The third-order valence-corrected chi connectivity index (χ3v) is 11.4. The number of likely N-dealkylation sites (N-methyl/N-ethyl adjacent to an activating group) is 2. The van der Waals surface area contributed by atoms with Crippen LogP contribution < -0.4 is 16.4 Å². The van der Waals surface area contributed by atoms with E-state index in [0.717, 1.165) is 85.4 Å². The van der Waals surface area contributed by atoms with E-state index in [1.54, 1.807) is 18.3 Å². The summed E-state index contributed by atoms with van der Waals surface area (Å²) in [4.78, 5) is 20.6. The van der Waals surface area contributed by atoms with Crippen molar-refractivity contribution in [2.45, 2.75) is 46.7 Å². The lowest BCUT2D eigenvalue weighted by molar-refractivity contribution is 0.102. The molecule has 0 saturated carbocycles. The number of hydrogen-bond acceptors (Lipinski definition) is 8. The number of halogens is 2. The van der Waals surface area contributed by atoms with Crippen molar-refractivity contribution in [2.75, 3.05) is 48.7 Å². The van der Waals surface area contributed by atoms with Gasteiger partial charge in [-0.2, -0.15) is 0 Å². The van der Waals surface area contributed by atoms with Crippen LogP contribution in [0.5, 0.6) is 0 Å². The molecule has 0 radical (unpaired) electrons. The van der Waals surface area contributed by atoms with Crippen molar-refractivity contribution in [1.29, 1.82) is 0 Å². The van der Waals surface area contributed by atoms with E-state index in [9.17, 15) is 4.79 Å². The first kappa shape index (κ1) is 55.3. The van der Waals surface area contributed by atoms with Gasteiger partial charge < -0.3 is 21.5 Å². The number of thiazole rings is 1. The van der Waals surface area contributed by atoms with Crippen LogP contribution >= 0.6 is 56.5 Å². The molecular weight excluding hydrogens is 989 g/mol. The lowest BCUT2D eigenvalue weighted by Crippen LogP contribution is -2.25. The molecule has 1 heterocycles. The van der Waals surface area contributed by atoms with Gasteiger partial charge in [-0.15, -0.1) is 28.3 Å². The summed E-state index contributed by atoms with van der Waals surface area (Å²) in [5.41, 5.74) is 15.8. The van der Waals surface area contributed by atoms with Crippen LogP contribution in [-0.2, 0) is 25.9 Å². The maximum atomic E-state index is 11.0. The number of anilines is 3. The number of ketones is 1. The second-order valence-corrected chi connectivity index (χ2v) is 16.7. The topological polar surface area (TPSA) is 107 Å². The van der Waals surface area contributed by atoms with Crippen LogP contribution in [0.1, 0.15) is 53.4 Å². The molecule has 6 aromatic carbocycles. The molecule has 12 heteroatoms. The van der Waals surface area contributed by atoms with Crippen molar-refractivity contribution in [2.24, 2.45) is 5.73 Å². The third kappa shape index (κ3) is 21.5. The van der Waals surface area contributed by atoms with E-state index < -0.39 is 0 Å². The average molecular weight is 1050 g/mol. The van der Waals surface area contributed by atoms with Gasteiger partial charge in [0.1, 0.15) is 0 Å². The third-order valence-electron chi connectivity index (χ3n) is 10.0. The van der Waals surface area contributed by atoms with Crippen molar-refractivity contribution in [1.82, 2.24) is 14.8 Å². The van der Waals surface area contributed by atoms with E-state index >= 15 is 0 Å². The summed E-state index contributed by atoms with van der Waals surface area (Å²) in [6.45, 7) is 12.6. The number of thiocarbonyl (C=S) groups is 1. The predicted molar refractivity (Wildman–Crippen MR) is 294 cm³/mol. The van der Waals surface area contributed by atoms with Gasteiger partial charge in [0.2, 0.25) is 0 Å². The van der Waals surface area contributed by atoms with Gasteiger partial charge in [-0.1, -0.05) is 175 Å². The summed E-state index contributed by atoms with van der Waals surface area (Å²) < 4.78 is 0. The number of aromatic nitrogens is 1. The van der Waals surface area contributed by atoms with E-state index in [-0.39, 0.29) is 29.4 Å². The summed E-state index contributed by atoms with van der Waals surface area (Å²) in [6.07, 6.45) is 2.09. The Morgan fingerprint density at radius 1 is 0.652 bits per heavy atom. The maximum absolute atomic E-state index is 11.0. The minimum absolute atomic E-state index is 0. The Bertz CT molecular complexity index is 2340. The fraction of sp³-hybridized carbons (Fsp3) is 0.241. The summed E-state index contributed by atoms with van der Waals surface area (Å²) in [5.74, 6) is 0.126. The number of hydrogen-bond donors (Lipinski definition) is 4. The molecule has 0 saturated heterocycles. The van der Waals surface area contributed by atoms with Crippen LogP contribution in [0.4, 0.5) is 16.5 Å². The number of Topliss-reactive ketones (excluding diaryl/α,β-unsaturated/α-hetero) is 1. The van der Waals surface area contributed by atoms with E-state index in [1.807, 2.05) is 60.7 Å². The Balaban J connectivity index is 0.000000280. The van der Waals surface area contributed by atoms with Crippen LogP contribution in [0.15, 0.2) is 175 Å². The van der Waals surface area contributed by atoms with Crippen LogP contribution in [0, 0.1) is 0 Å². The highest BCUT2D eigenvalue weighted by molar-refractivity contribution is 9.09. The molecule has 0 aliphatic heterocycles. The smallest absolute Gasteiger partial charge is 0.187 e. The number of nitrogens with one attached hydrogen (secondary N) is 2. The van der Waals surface area contributed by atoms with E-state index in [1.165, 1.54) is 22.3 Å². The number of carbonyl (C=O) groups excluding carboxylic acids is 1. The molecule has 0 fully saturated rings. The molecule has 5 N–H and O–H groups in total. The molecular formula is C54H64Br2N6O2S2. The second-order valence-electron chi connectivity index (χ2n) is 14.9.